The Morgan fingerprint density at radius 1 is 0.575 bits per heavy atom. The van der Waals surface area contributed by atoms with E-state index in [1.807, 2.05) is 20.8 Å². The molecule has 3 rings (SSSR count). The zero-order chi connectivity index (χ0) is 30.4. The van der Waals surface area contributed by atoms with Crippen molar-refractivity contribution < 1.29 is 49.7 Å². The summed E-state index contributed by atoms with van der Waals surface area (Å²) in [7, 11) is 0. The maximum absolute atomic E-state index is 14.5. The van der Waals surface area contributed by atoms with Crippen LogP contribution in [0.1, 0.15) is 37.5 Å². The van der Waals surface area contributed by atoms with Crippen LogP contribution >= 0.6 is 0 Å². The Balaban J connectivity index is 2.37. The van der Waals surface area contributed by atoms with Crippen molar-refractivity contribution in [1.82, 2.24) is 0 Å². The average molecular weight is 687 g/mol. The van der Waals surface area contributed by atoms with E-state index in [4.69, 9.17) is 0 Å². The van der Waals surface area contributed by atoms with Gasteiger partial charge in [-0.05, 0) is 0 Å². The Bertz CT molecular complexity index is 1280. The van der Waals surface area contributed by atoms with E-state index in [2.05, 4.69) is 0 Å². The van der Waals surface area contributed by atoms with Gasteiger partial charge in [0, 0.05) is 0 Å². The molecule has 0 amide bonds. The second-order valence-corrected chi connectivity index (χ2v) is 16.5. The quantitative estimate of drug-likeness (QED) is 0.234. The molecule has 0 radical (unpaired) electrons. The number of hydrogen-bond donors (Lipinski definition) is 2. The van der Waals surface area contributed by atoms with Gasteiger partial charge in [0.05, 0.1) is 0 Å². The molecular formula is C28H26F9O2Sb. The first-order valence-electron chi connectivity index (χ1n) is 11.8. The topological polar surface area (TPSA) is 40.5 Å². The Hall–Kier alpha value is -2.23. The van der Waals surface area contributed by atoms with Crippen molar-refractivity contribution in [2.45, 2.75) is 60.3 Å². The molecule has 0 aliphatic rings. The fraction of sp³-hybridized carbons (Fsp3) is 0.357. The standard InChI is InChI=1S/C10H13.C9H5F6O.C9H8F3O.Sb/c1-10(2,3)9-7-5-4-6-8-9;10-8(11,12)7(16,9(13,14)15)6-4-2-1-3-5-6;1-8(13,9(10,11)12)7-5-3-2-4-6-7;/h5-8H,1-3H3;1-4,16H;2-6,13H,1H2;. The third-order valence-electron chi connectivity index (χ3n) is 6.56. The van der Waals surface area contributed by atoms with Gasteiger partial charge in [-0.1, -0.05) is 0 Å². The number of aliphatic hydroxyl groups is 2. The predicted molar refractivity (Wildman–Crippen MR) is 134 cm³/mol. The normalized spacial score (nSPS) is 15.3. The first-order valence-corrected chi connectivity index (χ1v) is 16.2. The summed E-state index contributed by atoms with van der Waals surface area (Å²) in [5.74, 6) is 0. The van der Waals surface area contributed by atoms with Crippen LogP contribution in [0.4, 0.5) is 39.5 Å². The van der Waals surface area contributed by atoms with Gasteiger partial charge in [-0.25, -0.2) is 0 Å². The van der Waals surface area contributed by atoms with E-state index in [1.165, 1.54) is 30.3 Å². The summed E-state index contributed by atoms with van der Waals surface area (Å²) in [5, 5.41) is 21.4. The third-order valence-corrected chi connectivity index (χ3v) is 14.2. The molecule has 0 saturated heterocycles. The summed E-state index contributed by atoms with van der Waals surface area (Å²) in [4.78, 5) is 0. The third kappa shape index (κ3) is 6.02. The summed E-state index contributed by atoms with van der Waals surface area (Å²) < 4.78 is 125. The van der Waals surface area contributed by atoms with Crippen molar-refractivity contribution in [1.29, 1.82) is 0 Å². The van der Waals surface area contributed by atoms with E-state index in [0.29, 0.717) is 6.07 Å². The number of halogens is 9. The fourth-order valence-corrected chi connectivity index (χ4v) is 12.1. The van der Waals surface area contributed by atoms with Crippen LogP contribution in [0.3, 0.4) is 0 Å². The Morgan fingerprint density at radius 3 is 1.50 bits per heavy atom. The zero-order valence-electron chi connectivity index (χ0n) is 21.5. The van der Waals surface area contributed by atoms with Crippen LogP contribution in [0, 0.1) is 0 Å². The summed E-state index contributed by atoms with van der Waals surface area (Å²) in [5.41, 5.74) is -10.9. The minimum atomic E-state index is -6.25. The molecule has 0 aliphatic heterocycles. The molecule has 3 aromatic rings. The maximum atomic E-state index is 14.5. The molecule has 0 heterocycles. The van der Waals surface area contributed by atoms with Crippen molar-refractivity contribution in [3.63, 3.8) is 0 Å². The minimum absolute atomic E-state index is 0.0914. The molecule has 1 unspecified atom stereocenters. The van der Waals surface area contributed by atoms with Crippen molar-refractivity contribution >= 4 is 27.2 Å². The summed E-state index contributed by atoms with van der Waals surface area (Å²) >= 11 is -4.46. The molecule has 0 aromatic heterocycles. The van der Waals surface area contributed by atoms with Gasteiger partial charge in [0.15, 0.2) is 0 Å². The summed E-state index contributed by atoms with van der Waals surface area (Å²) in [6.45, 7) is 5.54. The zero-order valence-corrected chi connectivity index (χ0v) is 24.0. The van der Waals surface area contributed by atoms with Crippen molar-refractivity contribution in [2.24, 2.45) is 0 Å². The van der Waals surface area contributed by atoms with Gasteiger partial charge in [0.1, 0.15) is 0 Å². The van der Waals surface area contributed by atoms with Crippen LogP contribution in [0.2, 0.25) is 4.37 Å². The molecule has 2 nitrogen and oxygen atoms in total. The molecule has 12 heteroatoms. The molecule has 0 saturated carbocycles. The van der Waals surface area contributed by atoms with Gasteiger partial charge in [0.25, 0.3) is 0 Å². The molecule has 0 aliphatic carbocycles. The van der Waals surface area contributed by atoms with Crippen molar-refractivity contribution in [3.8, 4) is 0 Å². The van der Waals surface area contributed by atoms with Gasteiger partial charge in [-0.3, -0.25) is 0 Å². The van der Waals surface area contributed by atoms with Gasteiger partial charge in [-0.15, -0.1) is 0 Å². The van der Waals surface area contributed by atoms with Gasteiger partial charge < -0.3 is 0 Å². The number of benzene rings is 3. The summed E-state index contributed by atoms with van der Waals surface area (Å²) in [6.07, 6.45) is -17.8. The number of hydrogen-bond acceptors (Lipinski definition) is 2. The Labute approximate surface area is 232 Å². The second kappa shape index (κ2) is 10.9. The number of alkyl halides is 9. The van der Waals surface area contributed by atoms with E-state index in [0.717, 1.165) is 35.9 Å². The first kappa shape index (κ1) is 32.3. The second-order valence-electron chi connectivity index (χ2n) is 10.3. The molecule has 1 atom stereocenters. The monoisotopic (exact) mass is 686 g/mol. The summed E-state index contributed by atoms with van der Waals surface area (Å²) in [6, 6.07) is 14.9. The predicted octanol–water partition coefficient (Wildman–Crippen LogP) is 6.36. The van der Waals surface area contributed by atoms with Crippen LogP contribution in [-0.4, -0.2) is 49.0 Å². The molecule has 0 bridgehead atoms. The molecule has 0 spiro atoms. The van der Waals surface area contributed by atoms with E-state index in [-0.39, 0.29) is 3.51 Å². The molecule has 0 fully saturated rings. The van der Waals surface area contributed by atoms with Crippen LogP contribution < -0.4 is 7.02 Å². The number of rotatable bonds is 6. The SMILES string of the molecule is CC(C)(C)c1cc[c]([Sb]([CH2]C(O)(c2ccccc2)C(F)(F)F)[c]2ccccc2C(O)(C(F)(F)F)C(F)(F)F)cc1. The van der Waals surface area contributed by atoms with E-state index in [9.17, 15) is 49.7 Å². The molecule has 3 aromatic carbocycles. The molecular weight excluding hydrogens is 661 g/mol. The molecule has 2 N–H and O–H groups in total. The van der Waals surface area contributed by atoms with Crippen LogP contribution in [0.5, 0.6) is 0 Å². The Kier molecular flexibility index (Phi) is 8.78. The van der Waals surface area contributed by atoms with Crippen LogP contribution in [-0.2, 0) is 16.6 Å². The molecule has 218 valence electrons. The molecule has 40 heavy (non-hydrogen) atoms. The fourth-order valence-electron chi connectivity index (χ4n) is 4.23. The van der Waals surface area contributed by atoms with Gasteiger partial charge in [-0.2, -0.15) is 0 Å². The van der Waals surface area contributed by atoms with E-state index in [1.54, 1.807) is 12.1 Å². The van der Waals surface area contributed by atoms with Crippen molar-refractivity contribution in [2.75, 3.05) is 0 Å². The van der Waals surface area contributed by atoms with Gasteiger partial charge >= 0.3 is 233 Å². The van der Waals surface area contributed by atoms with Crippen LogP contribution in [0.25, 0.3) is 0 Å². The van der Waals surface area contributed by atoms with E-state index < -0.39 is 74.4 Å². The van der Waals surface area contributed by atoms with Gasteiger partial charge in [0.2, 0.25) is 0 Å². The van der Waals surface area contributed by atoms with E-state index >= 15 is 0 Å². The first-order chi connectivity index (χ1) is 18.1. The van der Waals surface area contributed by atoms with Crippen molar-refractivity contribution in [3.05, 3.63) is 95.6 Å². The Morgan fingerprint density at radius 2 is 1.05 bits per heavy atom. The van der Waals surface area contributed by atoms with Crippen LogP contribution in [0.15, 0.2) is 78.9 Å². The average Bonchev–Trinajstić information content (AvgIpc) is 2.85.